The number of hydrogen-bond donors (Lipinski definition) is 1. The number of aryl methyl sites for hydroxylation is 2. The third kappa shape index (κ3) is 4.80. The molecule has 1 rings (SSSR count). The van der Waals surface area contributed by atoms with E-state index in [0.29, 0.717) is 0 Å². The summed E-state index contributed by atoms with van der Waals surface area (Å²) in [5.41, 5.74) is 9.12. The predicted octanol–water partition coefficient (Wildman–Crippen LogP) is 3.53. The lowest BCUT2D eigenvalue weighted by molar-refractivity contribution is 0.981. The summed E-state index contributed by atoms with van der Waals surface area (Å²) in [4.78, 5) is 0. The number of halogens is 1. The first-order valence-corrected chi connectivity index (χ1v) is 5.50. The van der Waals surface area contributed by atoms with Gasteiger partial charge in [-0.2, -0.15) is 0 Å². The van der Waals surface area contributed by atoms with Crippen molar-refractivity contribution in [2.75, 3.05) is 7.05 Å². The maximum Gasteiger partial charge on any atom is -0.0195 e. The molecular formula is C13H24BrN. The largest absolute Gasteiger partial charge is 0.333 e. The first kappa shape index (κ1) is 17.1. The molecule has 0 bridgehead atoms. The van der Waals surface area contributed by atoms with Crippen LogP contribution in [0.3, 0.4) is 0 Å². The predicted molar refractivity (Wildman–Crippen MR) is 75.0 cm³/mol. The van der Waals surface area contributed by atoms with Gasteiger partial charge in [0.15, 0.2) is 0 Å². The van der Waals surface area contributed by atoms with Gasteiger partial charge in [0, 0.05) is 0 Å². The minimum absolute atomic E-state index is 0. The second-order valence-corrected chi connectivity index (χ2v) is 3.12. The van der Waals surface area contributed by atoms with E-state index >= 15 is 0 Å². The highest BCUT2D eigenvalue weighted by atomic mass is 79.9. The Kier molecular flexibility index (Phi) is 11.6. The summed E-state index contributed by atoms with van der Waals surface area (Å²) in [5.74, 6) is 0. The number of hydrogen-bond acceptors (Lipinski definition) is 1. The Morgan fingerprint density at radius 2 is 1.27 bits per heavy atom. The van der Waals surface area contributed by atoms with Gasteiger partial charge >= 0.3 is 0 Å². The summed E-state index contributed by atoms with van der Waals surface area (Å²) in [6.45, 7) is 6.70. The van der Waals surface area contributed by atoms with Crippen LogP contribution in [-0.2, 0) is 19.3 Å². The fraction of sp³-hybridized carbons (Fsp3) is 0.538. The summed E-state index contributed by atoms with van der Waals surface area (Å²) in [7, 11) is 1.50. The van der Waals surface area contributed by atoms with Crippen molar-refractivity contribution in [1.82, 2.24) is 0 Å². The van der Waals surface area contributed by atoms with E-state index in [4.69, 9.17) is 0 Å². The molecule has 0 saturated carbocycles. The van der Waals surface area contributed by atoms with Crippen LogP contribution in [0.4, 0.5) is 0 Å². The third-order valence-electron chi connectivity index (χ3n) is 2.49. The number of benzene rings is 1. The van der Waals surface area contributed by atoms with Crippen molar-refractivity contribution < 1.29 is 0 Å². The molecule has 2 N–H and O–H groups in total. The van der Waals surface area contributed by atoms with Crippen molar-refractivity contribution in [3.8, 4) is 0 Å². The molecule has 88 valence electrons. The van der Waals surface area contributed by atoms with E-state index < -0.39 is 0 Å². The van der Waals surface area contributed by atoms with Gasteiger partial charge in [0.1, 0.15) is 0 Å². The molecule has 0 aromatic heterocycles. The second-order valence-electron chi connectivity index (χ2n) is 3.12. The van der Waals surface area contributed by atoms with Crippen LogP contribution in [-0.4, -0.2) is 7.05 Å². The van der Waals surface area contributed by atoms with Crippen LogP contribution in [0.5, 0.6) is 0 Å². The Bertz CT molecular complexity index is 236. The molecule has 1 nitrogen and oxygen atoms in total. The molecule has 15 heavy (non-hydrogen) atoms. The zero-order chi connectivity index (χ0) is 11.0. The molecule has 0 amide bonds. The van der Waals surface area contributed by atoms with Crippen molar-refractivity contribution in [1.29, 1.82) is 0 Å². The maximum absolute atomic E-state index is 4.50. The van der Waals surface area contributed by atoms with E-state index in [1.165, 1.54) is 24.6 Å². The van der Waals surface area contributed by atoms with Crippen molar-refractivity contribution in [3.63, 3.8) is 0 Å². The normalized spacial score (nSPS) is 8.60. The van der Waals surface area contributed by atoms with Crippen LogP contribution < -0.4 is 5.73 Å². The summed E-state index contributed by atoms with van der Waals surface area (Å²) >= 11 is 0. The van der Waals surface area contributed by atoms with Crippen molar-refractivity contribution in [2.45, 2.75) is 40.0 Å². The molecule has 0 fully saturated rings. The van der Waals surface area contributed by atoms with Gasteiger partial charge < -0.3 is 5.73 Å². The van der Waals surface area contributed by atoms with Crippen molar-refractivity contribution >= 4 is 17.0 Å². The molecular weight excluding hydrogens is 250 g/mol. The van der Waals surface area contributed by atoms with Crippen LogP contribution >= 0.6 is 17.0 Å². The van der Waals surface area contributed by atoms with Crippen LogP contribution in [0.2, 0.25) is 0 Å². The van der Waals surface area contributed by atoms with Crippen LogP contribution in [0, 0.1) is 0 Å². The lowest BCUT2D eigenvalue weighted by Crippen LogP contribution is -1.96. The highest BCUT2D eigenvalue weighted by Crippen LogP contribution is 2.16. The van der Waals surface area contributed by atoms with Crippen LogP contribution in [0.25, 0.3) is 0 Å². The average Bonchev–Trinajstić information content (AvgIpc) is 2.30. The minimum atomic E-state index is 0. The molecule has 0 radical (unpaired) electrons. The van der Waals surface area contributed by atoms with Gasteiger partial charge in [-0.25, -0.2) is 0 Å². The molecule has 0 saturated heterocycles. The van der Waals surface area contributed by atoms with Crippen LogP contribution in [0.1, 0.15) is 37.5 Å². The van der Waals surface area contributed by atoms with E-state index in [9.17, 15) is 0 Å². The van der Waals surface area contributed by atoms with Gasteiger partial charge in [-0.15, -0.1) is 17.0 Å². The Morgan fingerprint density at radius 3 is 1.53 bits per heavy atom. The lowest BCUT2D eigenvalue weighted by atomic mass is 9.96. The highest BCUT2D eigenvalue weighted by molar-refractivity contribution is 8.93. The molecule has 0 aliphatic rings. The lowest BCUT2D eigenvalue weighted by Gasteiger charge is -2.10. The first-order chi connectivity index (χ1) is 6.83. The number of rotatable bonds is 3. The van der Waals surface area contributed by atoms with E-state index in [1.54, 1.807) is 5.56 Å². The SMILES string of the molecule is Br.CCc1cccc(CC)c1CC.CN. The monoisotopic (exact) mass is 273 g/mol. The van der Waals surface area contributed by atoms with Gasteiger partial charge in [-0.05, 0) is 43.0 Å². The Hall–Kier alpha value is -0.340. The Labute approximate surface area is 105 Å². The van der Waals surface area contributed by atoms with E-state index in [2.05, 4.69) is 44.7 Å². The fourth-order valence-corrected chi connectivity index (χ4v) is 1.80. The topological polar surface area (TPSA) is 26.0 Å². The summed E-state index contributed by atoms with van der Waals surface area (Å²) in [6, 6.07) is 6.67. The van der Waals surface area contributed by atoms with Gasteiger partial charge in [0.25, 0.3) is 0 Å². The molecule has 1 aromatic rings. The first-order valence-electron chi connectivity index (χ1n) is 5.50. The molecule has 0 atom stereocenters. The zero-order valence-electron chi connectivity index (χ0n) is 10.3. The Morgan fingerprint density at radius 1 is 0.867 bits per heavy atom. The van der Waals surface area contributed by atoms with E-state index in [1.807, 2.05) is 0 Å². The van der Waals surface area contributed by atoms with Gasteiger partial charge in [-0.1, -0.05) is 39.0 Å². The molecule has 0 aliphatic carbocycles. The van der Waals surface area contributed by atoms with Gasteiger partial charge in [-0.3, -0.25) is 0 Å². The molecule has 1 aromatic carbocycles. The molecule has 0 heterocycles. The second kappa shape index (κ2) is 10.2. The average molecular weight is 274 g/mol. The van der Waals surface area contributed by atoms with Gasteiger partial charge in [0.05, 0.1) is 0 Å². The molecule has 0 aliphatic heterocycles. The smallest absolute Gasteiger partial charge is 0.0195 e. The zero-order valence-corrected chi connectivity index (χ0v) is 12.1. The van der Waals surface area contributed by atoms with E-state index in [0.717, 1.165) is 12.8 Å². The van der Waals surface area contributed by atoms with Crippen molar-refractivity contribution in [2.24, 2.45) is 5.73 Å². The Balaban J connectivity index is 0. The minimum Gasteiger partial charge on any atom is -0.333 e. The third-order valence-corrected chi connectivity index (χ3v) is 2.49. The maximum atomic E-state index is 4.50. The van der Waals surface area contributed by atoms with Crippen molar-refractivity contribution in [3.05, 3.63) is 34.9 Å². The highest BCUT2D eigenvalue weighted by Gasteiger charge is 2.02. The van der Waals surface area contributed by atoms with E-state index in [-0.39, 0.29) is 17.0 Å². The molecule has 2 heteroatoms. The van der Waals surface area contributed by atoms with Gasteiger partial charge in [0.2, 0.25) is 0 Å². The fourth-order valence-electron chi connectivity index (χ4n) is 1.80. The van der Waals surface area contributed by atoms with Crippen LogP contribution in [0.15, 0.2) is 18.2 Å². The summed E-state index contributed by atoms with van der Waals surface area (Å²) in [6.07, 6.45) is 3.50. The molecule has 0 spiro atoms. The number of nitrogens with two attached hydrogens (primary N) is 1. The molecule has 0 unspecified atom stereocenters. The summed E-state index contributed by atoms with van der Waals surface area (Å²) in [5, 5.41) is 0. The quantitative estimate of drug-likeness (QED) is 0.896. The standard InChI is InChI=1S/C12H18.CH5N.BrH/c1-4-10-8-7-9-11(5-2)12(10)6-3;1-2;/h7-9H,4-6H2,1-3H3;2H2,1H3;1H. The summed E-state index contributed by atoms with van der Waals surface area (Å²) < 4.78 is 0.